The van der Waals surface area contributed by atoms with Crippen LogP contribution in [0.15, 0.2) is 24.3 Å². The molecule has 0 aromatic heterocycles. The summed E-state index contributed by atoms with van der Waals surface area (Å²) in [6, 6.07) is 6.40. The van der Waals surface area contributed by atoms with Crippen LogP contribution in [0.25, 0.3) is 0 Å². The zero-order valence-electron chi connectivity index (χ0n) is 11.0. The monoisotopic (exact) mass is 281 g/mol. The van der Waals surface area contributed by atoms with Gasteiger partial charge in [0.2, 0.25) is 5.69 Å². The topological polar surface area (TPSA) is 89.7 Å². The van der Waals surface area contributed by atoms with E-state index < -0.39 is 4.92 Å². The van der Waals surface area contributed by atoms with Crippen LogP contribution in [0.4, 0.5) is 11.4 Å². The molecule has 0 aliphatic carbocycles. The van der Waals surface area contributed by atoms with Gasteiger partial charge in [0.05, 0.1) is 11.3 Å². The summed E-state index contributed by atoms with van der Waals surface area (Å²) in [7, 11) is 0. The molecule has 0 saturated carbocycles. The number of hydrogen-bond donors (Lipinski definition) is 1. The third-order valence-corrected chi connectivity index (χ3v) is 3.40. The van der Waals surface area contributed by atoms with Crippen molar-refractivity contribution in [1.82, 2.24) is 4.65 Å². The molecule has 0 amide bonds. The average molecular weight is 281 g/mol. The van der Waals surface area contributed by atoms with E-state index in [-0.39, 0.29) is 16.3 Å². The molecule has 0 bridgehead atoms. The summed E-state index contributed by atoms with van der Waals surface area (Å²) in [5, 5.41) is 21.0. The Morgan fingerprint density at radius 3 is 2.25 bits per heavy atom. The molecule has 2 aliphatic rings. The number of rotatable bonds is 2. The highest BCUT2D eigenvalue weighted by atomic mass is 16.6. The van der Waals surface area contributed by atoms with Gasteiger partial charge in [0.15, 0.2) is 0 Å². The molecule has 1 aromatic carbocycles. The lowest BCUT2D eigenvalue weighted by molar-refractivity contribution is -0.385. The minimum Gasteiger partial charge on any atom is -0.465 e. The number of carbonyl (C=O) groups is 1. The van der Waals surface area contributed by atoms with Gasteiger partial charge in [-0.05, 0) is 0 Å². The smallest absolute Gasteiger partial charge is 0.332 e. The molecule has 2 saturated heterocycles. The second-order valence-corrected chi connectivity index (χ2v) is 4.79. The third-order valence-electron chi connectivity index (χ3n) is 3.40. The largest absolute Gasteiger partial charge is 0.465 e. The fourth-order valence-electron chi connectivity index (χ4n) is 2.26. The second kappa shape index (κ2) is 5.98. The van der Waals surface area contributed by atoms with Gasteiger partial charge in [0.1, 0.15) is 19.7 Å². The highest BCUT2D eigenvalue weighted by molar-refractivity contribution is 5.73. The van der Waals surface area contributed by atoms with E-state index in [9.17, 15) is 20.1 Å². The van der Waals surface area contributed by atoms with Crippen molar-refractivity contribution < 1.29 is 19.7 Å². The SMILES string of the molecule is O=C1CCO1.O=[N+]([O-])c1ccccc1[N+]1(O)CCCC1. The molecule has 0 radical (unpaired) electrons. The first kappa shape index (κ1) is 14.4. The number of nitrogens with zero attached hydrogens (tertiary/aromatic N) is 2. The summed E-state index contributed by atoms with van der Waals surface area (Å²) in [4.78, 5) is 20.0. The van der Waals surface area contributed by atoms with E-state index in [2.05, 4.69) is 4.74 Å². The lowest BCUT2D eigenvalue weighted by Gasteiger charge is -2.23. The Morgan fingerprint density at radius 2 is 1.80 bits per heavy atom. The first-order valence-electron chi connectivity index (χ1n) is 6.52. The molecule has 2 fully saturated rings. The van der Waals surface area contributed by atoms with Crippen LogP contribution in [0.1, 0.15) is 19.3 Å². The minimum absolute atomic E-state index is 0.00176. The first-order valence-corrected chi connectivity index (χ1v) is 6.52. The van der Waals surface area contributed by atoms with E-state index in [1.807, 2.05) is 0 Å². The van der Waals surface area contributed by atoms with Crippen molar-refractivity contribution >= 4 is 17.3 Å². The standard InChI is InChI=1S/C10H13N2O3.C3H4O2/c13-11(14)9-5-1-2-6-10(9)12(15)7-3-4-8-12;4-3-1-2-5-3/h1-2,5-6,15H,3-4,7-8H2;1-2H2/q+1;. The molecule has 0 unspecified atom stereocenters. The Hall–Kier alpha value is -1.99. The Labute approximate surface area is 116 Å². The molecule has 2 aliphatic heterocycles. The van der Waals surface area contributed by atoms with Crippen LogP contribution >= 0.6 is 0 Å². The van der Waals surface area contributed by atoms with Gasteiger partial charge in [-0.3, -0.25) is 14.9 Å². The summed E-state index contributed by atoms with van der Waals surface area (Å²) < 4.78 is 4.00. The molecule has 2 heterocycles. The Bertz CT molecular complexity index is 505. The first-order chi connectivity index (χ1) is 9.53. The number of nitro benzene ring substituents is 1. The summed E-state index contributed by atoms with van der Waals surface area (Å²) in [6.45, 7) is 1.76. The van der Waals surface area contributed by atoms with E-state index in [4.69, 9.17) is 0 Å². The maximum absolute atomic E-state index is 10.8. The van der Waals surface area contributed by atoms with Crippen molar-refractivity contribution in [1.29, 1.82) is 0 Å². The quantitative estimate of drug-likeness (QED) is 0.387. The van der Waals surface area contributed by atoms with Gasteiger partial charge >= 0.3 is 11.7 Å². The van der Waals surface area contributed by atoms with Crippen molar-refractivity contribution in [3.05, 3.63) is 34.4 Å². The summed E-state index contributed by atoms with van der Waals surface area (Å²) in [6.07, 6.45) is 2.44. The highest BCUT2D eigenvalue weighted by Gasteiger charge is 2.38. The fraction of sp³-hybridized carbons (Fsp3) is 0.462. The summed E-state index contributed by atoms with van der Waals surface area (Å²) in [5.74, 6) is -0.0648. The molecule has 0 spiro atoms. The minimum atomic E-state index is -0.441. The predicted octanol–water partition coefficient (Wildman–Crippen LogP) is 2.02. The van der Waals surface area contributed by atoms with Gasteiger partial charge in [0.25, 0.3) is 0 Å². The van der Waals surface area contributed by atoms with E-state index in [1.54, 1.807) is 18.2 Å². The van der Waals surface area contributed by atoms with Crippen molar-refractivity contribution in [2.24, 2.45) is 0 Å². The number of esters is 1. The lowest BCUT2D eigenvalue weighted by atomic mass is 10.2. The van der Waals surface area contributed by atoms with Gasteiger partial charge in [-0.15, -0.1) is 4.65 Å². The molecule has 7 nitrogen and oxygen atoms in total. The Balaban J connectivity index is 0.000000247. The van der Waals surface area contributed by atoms with Crippen LogP contribution in [0.3, 0.4) is 0 Å². The molecule has 7 heteroatoms. The maximum Gasteiger partial charge on any atom is 0.332 e. The highest BCUT2D eigenvalue weighted by Crippen LogP contribution is 2.34. The van der Waals surface area contributed by atoms with Gasteiger partial charge in [-0.25, -0.2) is 5.21 Å². The van der Waals surface area contributed by atoms with E-state index in [0.717, 1.165) is 12.8 Å². The van der Waals surface area contributed by atoms with E-state index >= 15 is 0 Å². The average Bonchev–Trinajstić information content (AvgIpc) is 2.85. The maximum atomic E-state index is 10.8. The zero-order chi connectivity index (χ0) is 14.6. The molecule has 1 aromatic rings. The molecule has 108 valence electrons. The van der Waals surface area contributed by atoms with Crippen molar-refractivity contribution in [3.63, 3.8) is 0 Å². The van der Waals surface area contributed by atoms with Gasteiger partial charge in [0, 0.05) is 25.0 Å². The van der Waals surface area contributed by atoms with Gasteiger partial charge in [-0.2, -0.15) is 0 Å². The van der Waals surface area contributed by atoms with Crippen molar-refractivity contribution in [2.45, 2.75) is 19.3 Å². The Kier molecular flexibility index (Phi) is 4.31. The number of hydroxylamine groups is 2. The second-order valence-electron chi connectivity index (χ2n) is 4.79. The number of para-hydroxylation sites is 2. The van der Waals surface area contributed by atoms with E-state index in [0.29, 0.717) is 31.8 Å². The van der Waals surface area contributed by atoms with Crippen LogP contribution in [-0.2, 0) is 9.53 Å². The molecular weight excluding hydrogens is 264 g/mol. The van der Waals surface area contributed by atoms with Crippen LogP contribution < -0.4 is 4.65 Å². The molecular formula is C13H17N2O5+. The number of carbonyl (C=O) groups excluding carboxylic acids is 1. The zero-order valence-corrected chi connectivity index (χ0v) is 11.0. The summed E-state index contributed by atoms with van der Waals surface area (Å²) >= 11 is 0. The number of nitro groups is 1. The molecule has 0 atom stereocenters. The fourth-order valence-corrected chi connectivity index (χ4v) is 2.26. The number of benzene rings is 1. The Morgan fingerprint density at radius 1 is 1.25 bits per heavy atom. The number of ether oxygens (including phenoxy) is 1. The number of quaternary nitrogens is 1. The van der Waals surface area contributed by atoms with Gasteiger partial charge < -0.3 is 4.74 Å². The van der Waals surface area contributed by atoms with Crippen LogP contribution in [0.5, 0.6) is 0 Å². The van der Waals surface area contributed by atoms with Crippen molar-refractivity contribution in [2.75, 3.05) is 19.7 Å². The molecule has 3 rings (SSSR count). The third kappa shape index (κ3) is 3.12. The summed E-state index contributed by atoms with van der Waals surface area (Å²) in [5.41, 5.74) is 0.405. The number of cyclic esters (lactones) is 1. The number of hydrogen-bond acceptors (Lipinski definition) is 5. The molecule has 1 N–H and O–H groups in total. The molecule has 20 heavy (non-hydrogen) atoms. The van der Waals surface area contributed by atoms with E-state index in [1.165, 1.54) is 6.07 Å². The normalized spacial score (nSPS) is 19.4. The van der Waals surface area contributed by atoms with Crippen molar-refractivity contribution in [3.8, 4) is 0 Å². The van der Waals surface area contributed by atoms with Crippen LogP contribution in [-0.4, -0.2) is 35.8 Å². The lowest BCUT2D eigenvalue weighted by Crippen LogP contribution is -2.42. The van der Waals surface area contributed by atoms with Crippen LogP contribution in [0.2, 0.25) is 0 Å². The van der Waals surface area contributed by atoms with Gasteiger partial charge in [-0.1, -0.05) is 12.1 Å². The predicted molar refractivity (Wildman–Crippen MR) is 71.2 cm³/mol. The van der Waals surface area contributed by atoms with Crippen LogP contribution in [0, 0.1) is 10.1 Å².